The fraction of sp³-hybridized carbons (Fsp3) is 0.593. The fourth-order valence-corrected chi connectivity index (χ4v) is 5.68. The molecule has 0 bridgehead atoms. The largest absolute Gasteiger partial charge is 0.493 e. The number of anilines is 1. The van der Waals surface area contributed by atoms with Crippen LogP contribution in [-0.4, -0.2) is 102 Å². The van der Waals surface area contributed by atoms with Crippen molar-refractivity contribution in [2.24, 2.45) is 5.92 Å². The molecule has 1 saturated heterocycles. The molecule has 2 atom stereocenters. The number of hydrogen-bond donors (Lipinski definition) is 3. The second kappa shape index (κ2) is 12.6. The molecule has 0 aliphatic carbocycles. The number of rotatable bonds is 10. The molecule has 2 aromatic rings. The molecule has 224 valence electrons. The molecule has 41 heavy (non-hydrogen) atoms. The van der Waals surface area contributed by atoms with E-state index in [0.717, 1.165) is 29.6 Å². The van der Waals surface area contributed by atoms with Crippen molar-refractivity contribution in [3.05, 3.63) is 41.2 Å². The number of carboxylic acids is 1. The number of aromatic nitrogens is 2. The summed E-state index contributed by atoms with van der Waals surface area (Å²) < 4.78 is 54.6. The number of fused-ring (bicyclic) bond motifs is 2. The Balaban J connectivity index is 1.39. The van der Waals surface area contributed by atoms with Gasteiger partial charge in [-0.05, 0) is 36.1 Å². The van der Waals surface area contributed by atoms with Crippen LogP contribution in [0, 0.1) is 5.92 Å². The fourth-order valence-electron chi connectivity index (χ4n) is 5.68. The van der Waals surface area contributed by atoms with E-state index >= 15 is 0 Å². The maximum absolute atomic E-state index is 13.8. The van der Waals surface area contributed by atoms with Crippen LogP contribution in [-0.2, 0) is 27.2 Å². The Morgan fingerprint density at radius 3 is 2.76 bits per heavy atom. The van der Waals surface area contributed by atoms with E-state index in [1.807, 2.05) is 10.9 Å². The summed E-state index contributed by atoms with van der Waals surface area (Å²) in [6.45, 7) is 3.25. The third-order valence-electron chi connectivity index (χ3n) is 7.62. The van der Waals surface area contributed by atoms with Crippen molar-refractivity contribution in [3.8, 4) is 5.75 Å². The van der Waals surface area contributed by atoms with E-state index in [4.69, 9.17) is 9.47 Å². The van der Waals surface area contributed by atoms with Gasteiger partial charge >= 0.3 is 12.1 Å². The number of carbonyl (C=O) groups is 2. The van der Waals surface area contributed by atoms with Gasteiger partial charge in [-0.15, -0.1) is 0 Å². The number of halogens is 3. The number of imidazole rings is 1. The Kier molecular flexibility index (Phi) is 8.88. The van der Waals surface area contributed by atoms with Crippen molar-refractivity contribution in [2.75, 3.05) is 69.8 Å². The Hall–Kier alpha value is -3.52. The van der Waals surface area contributed by atoms with Crippen LogP contribution < -0.4 is 15.5 Å². The van der Waals surface area contributed by atoms with Crippen LogP contribution in [0.5, 0.6) is 5.75 Å². The number of nitrogens with one attached hydrogen (secondary N) is 2. The number of ether oxygens (including phenoxy) is 2. The van der Waals surface area contributed by atoms with Crippen molar-refractivity contribution in [1.82, 2.24) is 19.5 Å². The van der Waals surface area contributed by atoms with E-state index in [1.165, 1.54) is 0 Å². The average Bonchev–Trinajstić information content (AvgIpc) is 3.31. The first kappa shape index (κ1) is 29.0. The molecule has 5 rings (SSSR count). The summed E-state index contributed by atoms with van der Waals surface area (Å²) in [6, 6.07) is 4.29. The van der Waals surface area contributed by atoms with Gasteiger partial charge in [-0.25, -0.2) is 9.66 Å². The zero-order valence-corrected chi connectivity index (χ0v) is 22.7. The maximum Gasteiger partial charge on any atom is 0.406 e. The summed E-state index contributed by atoms with van der Waals surface area (Å²) in [5, 5.41) is 12.6. The van der Waals surface area contributed by atoms with Gasteiger partial charge in [-0.3, -0.25) is 14.5 Å². The lowest BCUT2D eigenvalue weighted by Gasteiger charge is -2.35. The molecule has 0 spiro atoms. The van der Waals surface area contributed by atoms with E-state index < -0.39 is 43.0 Å². The highest BCUT2D eigenvalue weighted by Crippen LogP contribution is 2.38. The molecule has 2 unspecified atom stereocenters. The van der Waals surface area contributed by atoms with Gasteiger partial charge in [-0.1, -0.05) is 6.07 Å². The highest BCUT2D eigenvalue weighted by molar-refractivity contribution is 5.84. The number of benzene rings is 1. The van der Waals surface area contributed by atoms with Crippen molar-refractivity contribution in [2.45, 2.75) is 37.9 Å². The SMILES string of the molecule is O=C(O)CC1Cc2ccc(OCCc3cn4c(n3)NCCN4)cc2C(CCN2CCOCC2)N(CC(F)(F)F)C1=O. The van der Waals surface area contributed by atoms with Gasteiger partial charge in [-0.2, -0.15) is 13.2 Å². The minimum absolute atomic E-state index is 0.0450. The summed E-state index contributed by atoms with van der Waals surface area (Å²) in [7, 11) is 0. The first-order chi connectivity index (χ1) is 19.7. The Morgan fingerprint density at radius 2 is 2.02 bits per heavy atom. The zero-order chi connectivity index (χ0) is 29.0. The smallest absolute Gasteiger partial charge is 0.406 e. The number of carbonyl (C=O) groups excluding carboxylic acids is 1. The second-order valence-corrected chi connectivity index (χ2v) is 10.6. The number of hydrogen-bond acceptors (Lipinski definition) is 8. The normalized spacial score (nSPS) is 21.3. The van der Waals surface area contributed by atoms with Crippen molar-refractivity contribution < 1.29 is 37.3 Å². The third kappa shape index (κ3) is 7.41. The minimum Gasteiger partial charge on any atom is -0.493 e. The Bertz CT molecular complexity index is 1210. The lowest BCUT2D eigenvalue weighted by molar-refractivity contribution is -0.169. The number of carboxylic acid groups (broad SMARTS) is 1. The number of morpholine rings is 1. The molecule has 1 aromatic heterocycles. The topological polar surface area (TPSA) is 121 Å². The van der Waals surface area contributed by atoms with Gasteiger partial charge in [0.2, 0.25) is 11.9 Å². The monoisotopic (exact) mass is 580 g/mol. The van der Waals surface area contributed by atoms with Gasteiger partial charge in [0.1, 0.15) is 12.3 Å². The standard InChI is InChI=1S/C27H35F3N6O5/c28-27(29,30)17-35-23(3-7-34-8-11-40-12-9-34)22-15-21(2-1-18(22)13-19(25(35)39)14-24(37)38)41-10-4-20-16-36-26(33-20)31-5-6-32-36/h1-2,15-16,19,23,32H,3-14,17H2,(H,31,33)(H,37,38). The van der Waals surface area contributed by atoms with Crippen LogP contribution in [0.1, 0.15) is 35.7 Å². The van der Waals surface area contributed by atoms with Crippen LogP contribution >= 0.6 is 0 Å². The zero-order valence-electron chi connectivity index (χ0n) is 22.7. The summed E-state index contributed by atoms with van der Waals surface area (Å²) in [4.78, 5) is 32.5. The summed E-state index contributed by atoms with van der Waals surface area (Å²) in [5.74, 6) is -1.92. The van der Waals surface area contributed by atoms with Gasteiger partial charge in [0.15, 0.2) is 0 Å². The van der Waals surface area contributed by atoms with E-state index in [2.05, 4.69) is 20.6 Å². The predicted octanol–water partition coefficient (Wildman–Crippen LogP) is 2.27. The molecule has 3 aliphatic rings. The van der Waals surface area contributed by atoms with Gasteiger partial charge in [0.05, 0.1) is 50.1 Å². The van der Waals surface area contributed by atoms with Crippen molar-refractivity contribution in [3.63, 3.8) is 0 Å². The minimum atomic E-state index is -4.65. The maximum atomic E-state index is 13.8. The molecule has 3 N–H and O–H groups in total. The molecule has 14 heteroatoms. The van der Waals surface area contributed by atoms with E-state index in [0.29, 0.717) is 62.8 Å². The highest BCUT2D eigenvalue weighted by atomic mass is 19.4. The molecule has 1 fully saturated rings. The average molecular weight is 581 g/mol. The van der Waals surface area contributed by atoms with E-state index in [9.17, 15) is 27.9 Å². The molecular weight excluding hydrogens is 545 g/mol. The van der Waals surface area contributed by atoms with Crippen LogP contribution in [0.4, 0.5) is 19.1 Å². The Labute approximate surface area is 235 Å². The molecule has 11 nitrogen and oxygen atoms in total. The molecule has 1 amide bonds. The van der Waals surface area contributed by atoms with Gasteiger partial charge in [0.25, 0.3) is 0 Å². The quantitative estimate of drug-likeness (QED) is 0.389. The first-order valence-electron chi connectivity index (χ1n) is 13.9. The molecule has 3 aliphatic heterocycles. The lowest BCUT2D eigenvalue weighted by atomic mass is 9.92. The van der Waals surface area contributed by atoms with Crippen molar-refractivity contribution in [1.29, 1.82) is 0 Å². The molecule has 0 saturated carbocycles. The van der Waals surface area contributed by atoms with Crippen molar-refractivity contribution >= 4 is 17.8 Å². The molecular formula is C27H35F3N6O5. The van der Waals surface area contributed by atoms with Gasteiger partial charge < -0.3 is 30.2 Å². The third-order valence-corrected chi connectivity index (χ3v) is 7.62. The predicted molar refractivity (Wildman–Crippen MR) is 142 cm³/mol. The highest BCUT2D eigenvalue weighted by Gasteiger charge is 2.42. The van der Waals surface area contributed by atoms with E-state index in [-0.39, 0.29) is 12.8 Å². The van der Waals surface area contributed by atoms with Gasteiger partial charge in [0, 0.05) is 39.1 Å². The van der Waals surface area contributed by atoms with E-state index in [1.54, 1.807) is 18.2 Å². The van der Waals surface area contributed by atoms with Crippen LogP contribution in [0.2, 0.25) is 0 Å². The molecule has 4 heterocycles. The summed E-state index contributed by atoms with van der Waals surface area (Å²) in [6.07, 6.45) is -2.49. The molecule has 1 aromatic carbocycles. The second-order valence-electron chi connectivity index (χ2n) is 10.6. The number of amides is 1. The summed E-state index contributed by atoms with van der Waals surface area (Å²) >= 11 is 0. The van der Waals surface area contributed by atoms with Crippen LogP contribution in [0.15, 0.2) is 24.4 Å². The molecule has 0 radical (unpaired) electrons. The number of nitrogens with zero attached hydrogens (tertiary/aromatic N) is 4. The van der Waals surface area contributed by atoms with Crippen LogP contribution in [0.3, 0.4) is 0 Å². The lowest BCUT2D eigenvalue weighted by Crippen LogP contribution is -2.45. The Morgan fingerprint density at radius 1 is 1.22 bits per heavy atom. The summed E-state index contributed by atoms with van der Waals surface area (Å²) in [5.41, 5.74) is 5.24. The first-order valence-corrected chi connectivity index (χ1v) is 13.9. The van der Waals surface area contributed by atoms with Crippen LogP contribution in [0.25, 0.3) is 0 Å². The number of aliphatic carboxylic acids is 1. The number of alkyl halides is 3.